The first-order valence-corrected chi connectivity index (χ1v) is 11.0. The predicted octanol–water partition coefficient (Wildman–Crippen LogP) is 1.74. The summed E-state index contributed by atoms with van der Waals surface area (Å²) in [5.74, 6) is -0.386. The number of piperidine rings is 1. The summed E-state index contributed by atoms with van der Waals surface area (Å²) in [7, 11) is 1.84. The van der Waals surface area contributed by atoms with E-state index >= 15 is 0 Å². The van der Waals surface area contributed by atoms with Gasteiger partial charge < -0.3 is 15.1 Å². The van der Waals surface area contributed by atoms with Crippen LogP contribution in [0.1, 0.15) is 65.2 Å². The molecule has 1 spiro atoms. The molecule has 1 aliphatic carbocycles. The van der Waals surface area contributed by atoms with E-state index in [9.17, 15) is 19.2 Å². The molecule has 1 saturated carbocycles. The Morgan fingerprint density at radius 3 is 2.41 bits per heavy atom. The van der Waals surface area contributed by atoms with Gasteiger partial charge in [-0.3, -0.25) is 14.4 Å². The van der Waals surface area contributed by atoms with Crippen LogP contribution < -0.4 is 5.32 Å². The van der Waals surface area contributed by atoms with Crippen LogP contribution >= 0.6 is 0 Å². The molecule has 0 aromatic heterocycles. The van der Waals surface area contributed by atoms with Crippen LogP contribution in [-0.4, -0.2) is 76.7 Å². The fourth-order valence-corrected chi connectivity index (χ4v) is 4.85. The molecule has 0 bridgehead atoms. The Morgan fingerprint density at radius 1 is 1.21 bits per heavy atom. The molecule has 1 unspecified atom stereocenters. The van der Waals surface area contributed by atoms with E-state index in [1.54, 1.807) is 16.7 Å². The zero-order chi connectivity index (χ0) is 21.2. The number of carbonyl (C=O) groups excluding carboxylic acids is 4. The molecule has 3 fully saturated rings. The number of carbonyl (C=O) groups is 4. The van der Waals surface area contributed by atoms with Crippen LogP contribution in [0.15, 0.2) is 0 Å². The van der Waals surface area contributed by atoms with Crippen molar-refractivity contribution in [3.8, 4) is 0 Å². The molecule has 8 nitrogen and oxygen atoms in total. The van der Waals surface area contributed by atoms with Gasteiger partial charge in [0.1, 0.15) is 11.6 Å². The number of likely N-dealkylation sites (tertiary alicyclic amines) is 1. The van der Waals surface area contributed by atoms with E-state index in [-0.39, 0.29) is 23.6 Å². The molecule has 0 aromatic carbocycles. The average Bonchev–Trinajstić information content (AvgIpc) is 3.29. The van der Waals surface area contributed by atoms with Gasteiger partial charge in [-0.1, -0.05) is 26.2 Å². The number of nitrogens with one attached hydrogen (secondary N) is 1. The third-order valence-corrected chi connectivity index (χ3v) is 6.77. The number of nitrogens with zero attached hydrogens (tertiary/aromatic N) is 3. The van der Waals surface area contributed by atoms with Crippen LogP contribution in [0.25, 0.3) is 0 Å². The van der Waals surface area contributed by atoms with Crippen molar-refractivity contribution in [2.45, 2.75) is 76.8 Å². The fourth-order valence-electron chi connectivity index (χ4n) is 4.85. The summed E-state index contributed by atoms with van der Waals surface area (Å²) in [6, 6.07) is -1.28. The van der Waals surface area contributed by atoms with Crippen molar-refractivity contribution >= 4 is 23.8 Å². The lowest BCUT2D eigenvalue weighted by molar-refractivity contribution is -0.145. The Labute approximate surface area is 172 Å². The van der Waals surface area contributed by atoms with E-state index in [0.717, 1.165) is 37.1 Å². The monoisotopic (exact) mass is 406 g/mol. The van der Waals surface area contributed by atoms with Crippen LogP contribution in [0, 0.1) is 5.92 Å². The zero-order valence-electron chi connectivity index (χ0n) is 17.9. The van der Waals surface area contributed by atoms with E-state index in [1.165, 1.54) is 0 Å². The highest BCUT2D eigenvalue weighted by molar-refractivity contribution is 6.10. The second kappa shape index (κ2) is 8.71. The highest BCUT2D eigenvalue weighted by atomic mass is 16.2. The first-order chi connectivity index (χ1) is 13.8. The molecular formula is C21H34N4O4. The quantitative estimate of drug-likeness (QED) is 0.681. The maximum absolute atomic E-state index is 13.0. The second-order valence-electron chi connectivity index (χ2n) is 8.78. The Morgan fingerprint density at radius 2 is 1.83 bits per heavy atom. The molecule has 8 heteroatoms. The fraction of sp³-hybridized carbons (Fsp3) is 0.810. The second-order valence-corrected chi connectivity index (χ2v) is 8.78. The van der Waals surface area contributed by atoms with Gasteiger partial charge in [0.05, 0.1) is 0 Å². The topological polar surface area (TPSA) is 90.0 Å². The molecule has 2 aliphatic heterocycles. The lowest BCUT2D eigenvalue weighted by atomic mass is 9.94. The smallest absolute Gasteiger partial charge is 0.325 e. The summed E-state index contributed by atoms with van der Waals surface area (Å²) in [5, 5.41) is 2.84. The number of imide groups is 1. The Balaban J connectivity index is 1.56. The van der Waals surface area contributed by atoms with Gasteiger partial charge in [-0.2, -0.15) is 0 Å². The van der Waals surface area contributed by atoms with Crippen molar-refractivity contribution in [2.75, 3.05) is 26.7 Å². The molecule has 5 amide bonds. The number of hydrogen-bond donors (Lipinski definition) is 1. The summed E-state index contributed by atoms with van der Waals surface area (Å²) in [6.45, 7) is 5.46. The molecular weight excluding hydrogens is 372 g/mol. The van der Waals surface area contributed by atoms with Gasteiger partial charge in [-0.15, -0.1) is 0 Å². The molecule has 1 N–H and O–H groups in total. The minimum absolute atomic E-state index is 0.0605. The highest BCUT2D eigenvalue weighted by Gasteiger charge is 2.54. The average molecular weight is 407 g/mol. The Hall–Kier alpha value is -2.12. The SMILES string of the molecule is CCCCN(C)C(=O)C1CCN(C(=O)C(C)N2C(=O)NC3(CCCC3)C2=O)CC1. The number of hydrogen-bond acceptors (Lipinski definition) is 4. The number of urea groups is 1. The van der Waals surface area contributed by atoms with E-state index in [1.807, 2.05) is 7.05 Å². The maximum Gasteiger partial charge on any atom is 0.325 e. The number of unbranched alkanes of at least 4 members (excludes halogenated alkanes) is 1. The number of amides is 5. The van der Waals surface area contributed by atoms with Gasteiger partial charge in [-0.25, -0.2) is 9.69 Å². The Bertz CT molecular complexity index is 666. The van der Waals surface area contributed by atoms with Gasteiger partial charge in [0.2, 0.25) is 11.8 Å². The van der Waals surface area contributed by atoms with Crippen LogP contribution in [0.2, 0.25) is 0 Å². The number of rotatable bonds is 6. The van der Waals surface area contributed by atoms with Crippen molar-refractivity contribution in [3.63, 3.8) is 0 Å². The van der Waals surface area contributed by atoms with Crippen molar-refractivity contribution in [1.29, 1.82) is 0 Å². The molecule has 2 heterocycles. The van der Waals surface area contributed by atoms with Gasteiger partial charge >= 0.3 is 6.03 Å². The van der Waals surface area contributed by atoms with Crippen molar-refractivity contribution < 1.29 is 19.2 Å². The Kier molecular flexibility index (Phi) is 6.49. The molecule has 1 atom stereocenters. The minimum atomic E-state index is -0.818. The normalized spacial score (nSPS) is 22.9. The first-order valence-electron chi connectivity index (χ1n) is 11.0. The van der Waals surface area contributed by atoms with Gasteiger partial charge in [0.15, 0.2) is 0 Å². The van der Waals surface area contributed by atoms with Crippen molar-refractivity contribution in [2.24, 2.45) is 5.92 Å². The molecule has 3 aliphatic rings. The summed E-state index contributed by atoms with van der Waals surface area (Å²) < 4.78 is 0. The molecule has 0 radical (unpaired) electrons. The summed E-state index contributed by atoms with van der Waals surface area (Å²) in [4.78, 5) is 55.5. The van der Waals surface area contributed by atoms with E-state index in [2.05, 4.69) is 12.2 Å². The van der Waals surface area contributed by atoms with E-state index < -0.39 is 17.6 Å². The standard InChI is InChI=1S/C21H34N4O4/c1-4-5-12-23(3)18(27)16-8-13-24(14-9-16)17(26)15(2)25-19(28)21(22-20(25)29)10-6-7-11-21/h15-16H,4-14H2,1-3H3,(H,22,29). The third kappa shape index (κ3) is 4.12. The molecule has 3 rings (SSSR count). The highest BCUT2D eigenvalue weighted by Crippen LogP contribution is 2.36. The van der Waals surface area contributed by atoms with Crippen LogP contribution in [0.4, 0.5) is 4.79 Å². The molecule has 29 heavy (non-hydrogen) atoms. The summed E-state index contributed by atoms with van der Waals surface area (Å²) >= 11 is 0. The van der Waals surface area contributed by atoms with Crippen molar-refractivity contribution in [1.82, 2.24) is 20.0 Å². The summed E-state index contributed by atoms with van der Waals surface area (Å²) in [6.07, 6.45) is 6.40. The lowest BCUT2D eigenvalue weighted by Gasteiger charge is -2.35. The predicted molar refractivity (Wildman–Crippen MR) is 108 cm³/mol. The van der Waals surface area contributed by atoms with E-state index in [4.69, 9.17) is 0 Å². The van der Waals surface area contributed by atoms with Gasteiger partial charge in [0.25, 0.3) is 5.91 Å². The third-order valence-electron chi connectivity index (χ3n) is 6.77. The van der Waals surface area contributed by atoms with E-state index in [0.29, 0.717) is 38.8 Å². The maximum atomic E-state index is 13.0. The summed E-state index contributed by atoms with van der Waals surface area (Å²) in [5.41, 5.74) is -0.798. The van der Waals surface area contributed by atoms with Crippen LogP contribution in [-0.2, 0) is 14.4 Å². The molecule has 0 aromatic rings. The van der Waals surface area contributed by atoms with Crippen molar-refractivity contribution in [3.05, 3.63) is 0 Å². The lowest BCUT2D eigenvalue weighted by Crippen LogP contribution is -2.53. The van der Waals surface area contributed by atoms with Gasteiger partial charge in [0, 0.05) is 32.6 Å². The zero-order valence-corrected chi connectivity index (χ0v) is 17.9. The largest absolute Gasteiger partial charge is 0.346 e. The van der Waals surface area contributed by atoms with Crippen LogP contribution in [0.3, 0.4) is 0 Å². The van der Waals surface area contributed by atoms with Crippen LogP contribution in [0.5, 0.6) is 0 Å². The molecule has 2 saturated heterocycles. The van der Waals surface area contributed by atoms with Gasteiger partial charge in [-0.05, 0) is 39.0 Å². The minimum Gasteiger partial charge on any atom is -0.346 e. The molecule has 162 valence electrons. The first kappa shape index (κ1) is 21.6.